The predicted octanol–water partition coefficient (Wildman–Crippen LogP) is 2.77. The second-order valence-corrected chi connectivity index (χ2v) is 6.35. The lowest BCUT2D eigenvalue weighted by atomic mass is 9.63. The zero-order valence-corrected chi connectivity index (χ0v) is 14.6. The molecule has 124 valence electrons. The van der Waals surface area contributed by atoms with Gasteiger partial charge in [0.2, 0.25) is 5.91 Å². The molecule has 1 aliphatic rings. The van der Waals surface area contributed by atoms with Crippen molar-refractivity contribution < 1.29 is 9.53 Å². The van der Waals surface area contributed by atoms with E-state index in [9.17, 15) is 4.79 Å². The number of amides is 1. The van der Waals surface area contributed by atoms with Gasteiger partial charge in [-0.2, -0.15) is 0 Å². The highest BCUT2D eigenvalue weighted by atomic mass is 35.5. The van der Waals surface area contributed by atoms with Gasteiger partial charge in [0, 0.05) is 25.1 Å². The normalized spacial score (nSPS) is 23.9. The van der Waals surface area contributed by atoms with E-state index < -0.39 is 6.04 Å². The molecule has 2 N–H and O–H groups in total. The molecule has 0 aromatic heterocycles. The number of carbonyl (C=O) groups is 1. The van der Waals surface area contributed by atoms with E-state index in [1.54, 1.807) is 4.90 Å². The number of hydrogen-bond donors (Lipinski definition) is 1. The molecule has 4 nitrogen and oxygen atoms in total. The summed E-state index contributed by atoms with van der Waals surface area (Å²) in [6.45, 7) is 7.02. The second kappa shape index (κ2) is 7.44. The second-order valence-electron chi connectivity index (χ2n) is 6.35. The first-order valence-corrected chi connectivity index (χ1v) is 7.58. The largest absolute Gasteiger partial charge is 0.378 e. The first kappa shape index (κ1) is 18.9. The lowest BCUT2D eigenvalue weighted by Crippen LogP contribution is -2.63. The Kier molecular flexibility index (Phi) is 6.41. The molecule has 5 heteroatoms. The summed E-state index contributed by atoms with van der Waals surface area (Å²) in [7, 11) is 1.85. The van der Waals surface area contributed by atoms with Crippen molar-refractivity contribution in [3.8, 4) is 0 Å². The number of rotatable bonds is 5. The van der Waals surface area contributed by atoms with E-state index in [-0.39, 0.29) is 35.9 Å². The molecule has 1 aromatic rings. The zero-order chi connectivity index (χ0) is 15.6. The van der Waals surface area contributed by atoms with Crippen LogP contribution >= 0.6 is 12.4 Å². The highest BCUT2D eigenvalue weighted by molar-refractivity contribution is 5.85. The molecule has 1 amide bonds. The van der Waals surface area contributed by atoms with E-state index in [1.807, 2.05) is 44.3 Å². The number of likely N-dealkylation sites (N-methyl/N-ethyl adjacent to an activating group) is 1. The molecule has 1 aromatic carbocycles. The number of halogens is 1. The predicted molar refractivity (Wildman–Crippen MR) is 91.0 cm³/mol. The Hall–Kier alpha value is -1.10. The van der Waals surface area contributed by atoms with Crippen molar-refractivity contribution >= 4 is 18.3 Å². The van der Waals surface area contributed by atoms with Crippen LogP contribution in [0.25, 0.3) is 0 Å². The highest BCUT2D eigenvalue weighted by Crippen LogP contribution is 2.45. The molecule has 1 saturated carbocycles. The third-order valence-electron chi connectivity index (χ3n) is 4.73. The van der Waals surface area contributed by atoms with Gasteiger partial charge in [-0.15, -0.1) is 12.4 Å². The zero-order valence-electron chi connectivity index (χ0n) is 13.8. The van der Waals surface area contributed by atoms with Crippen molar-refractivity contribution in [2.45, 2.75) is 45.4 Å². The number of nitrogens with zero attached hydrogens (tertiary/aromatic N) is 1. The molecule has 0 aliphatic heterocycles. The van der Waals surface area contributed by atoms with Gasteiger partial charge in [0.05, 0.1) is 6.10 Å². The summed E-state index contributed by atoms with van der Waals surface area (Å²) in [6, 6.07) is 9.10. The molecular weight excluding hydrogens is 300 g/mol. The van der Waals surface area contributed by atoms with Crippen molar-refractivity contribution in [3.05, 3.63) is 35.9 Å². The quantitative estimate of drug-likeness (QED) is 0.905. The molecule has 0 heterocycles. The monoisotopic (exact) mass is 326 g/mol. The lowest BCUT2D eigenvalue weighted by Gasteiger charge is -2.55. The SMILES string of the molecule is CCOC1CC(N(C)C(=O)C(N)c2ccccc2)C1(C)C.Cl. The average molecular weight is 327 g/mol. The van der Waals surface area contributed by atoms with Crippen molar-refractivity contribution in [1.82, 2.24) is 4.90 Å². The summed E-state index contributed by atoms with van der Waals surface area (Å²) >= 11 is 0. The molecule has 0 radical (unpaired) electrons. The van der Waals surface area contributed by atoms with Gasteiger partial charge in [-0.3, -0.25) is 4.79 Å². The Morgan fingerprint density at radius 2 is 2.00 bits per heavy atom. The van der Waals surface area contributed by atoms with Crippen LogP contribution in [0.15, 0.2) is 30.3 Å². The van der Waals surface area contributed by atoms with Crippen molar-refractivity contribution in [3.63, 3.8) is 0 Å². The molecule has 22 heavy (non-hydrogen) atoms. The van der Waals surface area contributed by atoms with E-state index in [4.69, 9.17) is 10.5 Å². The van der Waals surface area contributed by atoms with Crippen LogP contribution in [0.4, 0.5) is 0 Å². The van der Waals surface area contributed by atoms with Crippen LogP contribution < -0.4 is 5.73 Å². The van der Waals surface area contributed by atoms with Gasteiger partial charge in [0.15, 0.2) is 0 Å². The molecule has 0 spiro atoms. The number of nitrogens with two attached hydrogens (primary N) is 1. The van der Waals surface area contributed by atoms with Crippen LogP contribution in [0.1, 0.15) is 38.8 Å². The minimum absolute atomic E-state index is 0. The first-order valence-electron chi connectivity index (χ1n) is 7.58. The van der Waals surface area contributed by atoms with Gasteiger partial charge in [-0.1, -0.05) is 44.2 Å². The summed E-state index contributed by atoms with van der Waals surface area (Å²) in [5.74, 6) is -0.0331. The fraction of sp³-hybridized carbons (Fsp3) is 0.588. The van der Waals surface area contributed by atoms with Gasteiger partial charge >= 0.3 is 0 Å². The van der Waals surface area contributed by atoms with E-state index in [1.165, 1.54) is 0 Å². The minimum Gasteiger partial charge on any atom is -0.378 e. The Morgan fingerprint density at radius 3 is 2.50 bits per heavy atom. The highest BCUT2D eigenvalue weighted by Gasteiger charge is 2.52. The third-order valence-corrected chi connectivity index (χ3v) is 4.73. The number of ether oxygens (including phenoxy) is 1. The standard InChI is InChI=1S/C17H26N2O2.ClH/c1-5-21-14-11-13(17(14,2)3)19(4)16(20)15(18)12-9-7-6-8-10-12;/h6-10,13-15H,5,11,18H2,1-4H3;1H. The molecule has 1 fully saturated rings. The van der Waals surface area contributed by atoms with Gasteiger partial charge in [0.1, 0.15) is 6.04 Å². The number of hydrogen-bond acceptors (Lipinski definition) is 3. The van der Waals surface area contributed by atoms with Gasteiger partial charge < -0.3 is 15.4 Å². The maximum Gasteiger partial charge on any atom is 0.244 e. The molecule has 3 unspecified atom stereocenters. The van der Waals surface area contributed by atoms with Crippen LogP contribution in [0, 0.1) is 5.41 Å². The van der Waals surface area contributed by atoms with Crippen LogP contribution in [-0.4, -0.2) is 36.6 Å². The third kappa shape index (κ3) is 3.45. The summed E-state index contributed by atoms with van der Waals surface area (Å²) in [5.41, 5.74) is 6.94. The summed E-state index contributed by atoms with van der Waals surface area (Å²) in [5, 5.41) is 0. The van der Waals surface area contributed by atoms with E-state index in [2.05, 4.69) is 13.8 Å². The molecule has 2 rings (SSSR count). The lowest BCUT2D eigenvalue weighted by molar-refractivity contribution is -0.164. The Balaban J connectivity index is 0.00000242. The van der Waals surface area contributed by atoms with Crippen LogP contribution in [-0.2, 0) is 9.53 Å². The molecule has 1 aliphatic carbocycles. The average Bonchev–Trinajstić information content (AvgIpc) is 2.49. The topological polar surface area (TPSA) is 55.6 Å². The summed E-state index contributed by atoms with van der Waals surface area (Å²) < 4.78 is 5.73. The molecular formula is C17H27ClN2O2. The Morgan fingerprint density at radius 1 is 1.41 bits per heavy atom. The number of carbonyl (C=O) groups excluding carboxylic acids is 1. The smallest absolute Gasteiger partial charge is 0.244 e. The van der Waals surface area contributed by atoms with Crippen LogP contribution in [0.3, 0.4) is 0 Å². The van der Waals surface area contributed by atoms with Crippen molar-refractivity contribution in [2.24, 2.45) is 11.1 Å². The maximum absolute atomic E-state index is 12.6. The molecule has 0 bridgehead atoms. The summed E-state index contributed by atoms with van der Waals surface area (Å²) in [6.07, 6.45) is 1.10. The van der Waals surface area contributed by atoms with Gasteiger partial charge in [-0.25, -0.2) is 0 Å². The van der Waals surface area contributed by atoms with Crippen molar-refractivity contribution in [2.75, 3.05) is 13.7 Å². The fourth-order valence-electron chi connectivity index (χ4n) is 3.18. The molecule has 0 saturated heterocycles. The van der Waals surface area contributed by atoms with Crippen molar-refractivity contribution in [1.29, 1.82) is 0 Å². The molecule has 3 atom stereocenters. The minimum atomic E-state index is -0.599. The summed E-state index contributed by atoms with van der Waals surface area (Å²) in [4.78, 5) is 14.4. The number of benzene rings is 1. The van der Waals surface area contributed by atoms with Gasteiger partial charge in [-0.05, 0) is 18.9 Å². The van der Waals surface area contributed by atoms with E-state index >= 15 is 0 Å². The van der Waals surface area contributed by atoms with Crippen LogP contribution in [0.5, 0.6) is 0 Å². The Labute approximate surface area is 139 Å². The fourth-order valence-corrected chi connectivity index (χ4v) is 3.18. The Bertz CT molecular complexity index is 493. The van der Waals surface area contributed by atoms with E-state index in [0.29, 0.717) is 6.61 Å². The van der Waals surface area contributed by atoms with Gasteiger partial charge in [0.25, 0.3) is 0 Å². The maximum atomic E-state index is 12.6. The van der Waals surface area contributed by atoms with E-state index in [0.717, 1.165) is 12.0 Å². The first-order chi connectivity index (χ1) is 9.89. The van der Waals surface area contributed by atoms with Crippen LogP contribution in [0.2, 0.25) is 0 Å².